The number of aromatic nitrogens is 4. The summed E-state index contributed by atoms with van der Waals surface area (Å²) in [6.45, 7) is -3.18. The number of nitrogens with zero attached hydrogens (tertiary/aromatic N) is 4. The molecule has 0 fully saturated rings. The van der Waals surface area contributed by atoms with Gasteiger partial charge in [-0.3, -0.25) is 14.9 Å². The maximum atomic E-state index is 12.8. The molecule has 3 aromatic rings. The number of anilines is 2. The Labute approximate surface area is 179 Å². The SMILES string of the molecule is COc1ccc(C(=O)Nc2c(OC(F)F)ccc(C(=O)Nc3nnnn3C)c2Cl)cc1. The first kappa shape index (κ1) is 21.9. The van der Waals surface area contributed by atoms with Gasteiger partial charge in [0.25, 0.3) is 11.8 Å². The first-order valence-electron chi connectivity index (χ1n) is 8.56. The van der Waals surface area contributed by atoms with Crippen LogP contribution in [0.5, 0.6) is 11.5 Å². The highest BCUT2D eigenvalue weighted by Crippen LogP contribution is 2.37. The minimum absolute atomic E-state index is 0.0257. The lowest BCUT2D eigenvalue weighted by atomic mass is 10.1. The summed E-state index contributed by atoms with van der Waals surface area (Å²) in [6.07, 6.45) is 0. The molecule has 0 saturated heterocycles. The Bertz CT molecular complexity index is 1110. The normalized spacial score (nSPS) is 10.6. The highest BCUT2D eigenvalue weighted by Gasteiger charge is 2.23. The molecule has 1 aromatic heterocycles. The lowest BCUT2D eigenvalue weighted by molar-refractivity contribution is -0.0493. The highest BCUT2D eigenvalue weighted by atomic mass is 35.5. The highest BCUT2D eigenvalue weighted by molar-refractivity contribution is 6.38. The number of rotatable bonds is 7. The van der Waals surface area contributed by atoms with Gasteiger partial charge < -0.3 is 14.8 Å². The molecule has 0 unspecified atom stereocenters. The molecule has 31 heavy (non-hydrogen) atoms. The summed E-state index contributed by atoms with van der Waals surface area (Å²) in [6, 6.07) is 8.28. The number of amides is 2. The zero-order chi connectivity index (χ0) is 22.5. The van der Waals surface area contributed by atoms with Crippen molar-refractivity contribution in [1.29, 1.82) is 0 Å². The van der Waals surface area contributed by atoms with E-state index < -0.39 is 24.2 Å². The van der Waals surface area contributed by atoms with Crippen LogP contribution in [-0.2, 0) is 7.05 Å². The lowest BCUT2D eigenvalue weighted by Crippen LogP contribution is -2.18. The molecule has 2 aromatic carbocycles. The number of carbonyl (C=O) groups is 2. The van der Waals surface area contributed by atoms with Gasteiger partial charge in [0.1, 0.15) is 11.4 Å². The Kier molecular flexibility index (Phi) is 6.60. The predicted molar refractivity (Wildman–Crippen MR) is 106 cm³/mol. The molecule has 10 nitrogen and oxygen atoms in total. The number of carbonyl (C=O) groups excluding carboxylic acids is 2. The number of halogens is 3. The standard InChI is InChI=1S/C18H15ClF2N6O4/c1-27-18(24-25-26-27)23-16(29)11-7-8-12(31-17(20)21)14(13(11)19)22-15(28)9-3-5-10(30-2)6-4-9/h3-8,17H,1-2H3,(H,22,28)(H,23,24,26,29). The summed E-state index contributed by atoms with van der Waals surface area (Å²) < 4.78 is 36.3. The number of tetrazole rings is 1. The minimum atomic E-state index is -3.18. The maximum absolute atomic E-state index is 12.8. The quantitative estimate of drug-likeness (QED) is 0.565. The van der Waals surface area contributed by atoms with Crippen LogP contribution in [0.1, 0.15) is 20.7 Å². The Hall–Kier alpha value is -3.80. The van der Waals surface area contributed by atoms with Crippen LogP contribution in [0, 0.1) is 0 Å². The van der Waals surface area contributed by atoms with Crippen LogP contribution in [0.15, 0.2) is 36.4 Å². The van der Waals surface area contributed by atoms with E-state index in [4.69, 9.17) is 16.3 Å². The number of benzene rings is 2. The largest absolute Gasteiger partial charge is 0.497 e. The van der Waals surface area contributed by atoms with Crippen LogP contribution < -0.4 is 20.1 Å². The van der Waals surface area contributed by atoms with Crippen molar-refractivity contribution in [2.75, 3.05) is 17.7 Å². The first-order chi connectivity index (χ1) is 14.8. The molecule has 0 saturated carbocycles. The van der Waals surface area contributed by atoms with Crippen molar-refractivity contribution >= 4 is 35.1 Å². The Morgan fingerprint density at radius 3 is 2.39 bits per heavy atom. The second-order valence-corrected chi connectivity index (χ2v) is 6.32. The van der Waals surface area contributed by atoms with Gasteiger partial charge in [-0.25, -0.2) is 4.68 Å². The van der Waals surface area contributed by atoms with Crippen LogP contribution >= 0.6 is 11.6 Å². The van der Waals surface area contributed by atoms with Crippen molar-refractivity contribution in [3.05, 3.63) is 52.5 Å². The van der Waals surface area contributed by atoms with Crippen LogP contribution in [0.25, 0.3) is 0 Å². The van der Waals surface area contributed by atoms with E-state index in [0.29, 0.717) is 5.75 Å². The summed E-state index contributed by atoms with van der Waals surface area (Å²) in [4.78, 5) is 25.2. The molecule has 2 amide bonds. The zero-order valence-corrected chi connectivity index (χ0v) is 16.9. The third-order valence-corrected chi connectivity index (χ3v) is 4.39. The smallest absolute Gasteiger partial charge is 0.387 e. The molecule has 0 atom stereocenters. The topological polar surface area (TPSA) is 120 Å². The van der Waals surface area contributed by atoms with E-state index in [1.165, 1.54) is 37.0 Å². The zero-order valence-electron chi connectivity index (χ0n) is 16.1. The average molecular weight is 453 g/mol. The van der Waals surface area contributed by atoms with Gasteiger partial charge >= 0.3 is 6.61 Å². The van der Waals surface area contributed by atoms with Crippen molar-refractivity contribution < 1.29 is 27.8 Å². The molecule has 2 N–H and O–H groups in total. The van der Waals surface area contributed by atoms with E-state index in [0.717, 1.165) is 6.07 Å². The number of alkyl halides is 2. The Morgan fingerprint density at radius 1 is 1.10 bits per heavy atom. The molecular weight excluding hydrogens is 438 g/mol. The number of hydrogen-bond donors (Lipinski definition) is 2. The molecule has 1 heterocycles. The molecule has 0 bridgehead atoms. The molecule has 0 aliphatic carbocycles. The summed E-state index contributed by atoms with van der Waals surface area (Å²) in [5.41, 5.74) is -0.234. The maximum Gasteiger partial charge on any atom is 0.387 e. The van der Waals surface area contributed by atoms with Crippen LogP contribution in [0.2, 0.25) is 5.02 Å². The van der Waals surface area contributed by atoms with E-state index in [-0.39, 0.29) is 27.8 Å². The van der Waals surface area contributed by atoms with Crippen molar-refractivity contribution in [2.24, 2.45) is 7.05 Å². The first-order valence-corrected chi connectivity index (χ1v) is 8.94. The number of ether oxygens (including phenoxy) is 2. The number of methoxy groups -OCH3 is 1. The van der Waals surface area contributed by atoms with Crippen molar-refractivity contribution in [3.8, 4) is 11.5 Å². The van der Waals surface area contributed by atoms with Crippen molar-refractivity contribution in [1.82, 2.24) is 20.2 Å². The van der Waals surface area contributed by atoms with Gasteiger partial charge in [0, 0.05) is 12.6 Å². The molecule has 162 valence electrons. The molecule has 0 aliphatic rings. The summed E-state index contributed by atoms with van der Waals surface area (Å²) in [5.74, 6) is -1.27. The van der Waals surface area contributed by atoms with Crippen LogP contribution in [0.3, 0.4) is 0 Å². The molecule has 0 spiro atoms. The van der Waals surface area contributed by atoms with E-state index in [9.17, 15) is 18.4 Å². The summed E-state index contributed by atoms with van der Waals surface area (Å²) in [5, 5.41) is 15.1. The van der Waals surface area contributed by atoms with Crippen molar-refractivity contribution in [2.45, 2.75) is 6.61 Å². The van der Waals surface area contributed by atoms with Gasteiger partial charge in [0.2, 0.25) is 5.95 Å². The van der Waals surface area contributed by atoms with Gasteiger partial charge in [-0.1, -0.05) is 16.7 Å². The summed E-state index contributed by atoms with van der Waals surface area (Å²) in [7, 11) is 2.97. The lowest BCUT2D eigenvalue weighted by Gasteiger charge is -2.16. The third-order valence-electron chi connectivity index (χ3n) is 4.00. The monoisotopic (exact) mass is 452 g/mol. The fraction of sp³-hybridized carbons (Fsp3) is 0.167. The van der Waals surface area contributed by atoms with Gasteiger partial charge in [0.05, 0.1) is 17.7 Å². The van der Waals surface area contributed by atoms with Gasteiger partial charge in [-0.2, -0.15) is 8.78 Å². The molecular formula is C18H15ClF2N6O4. The van der Waals surface area contributed by atoms with Crippen molar-refractivity contribution in [3.63, 3.8) is 0 Å². The summed E-state index contributed by atoms with van der Waals surface area (Å²) >= 11 is 6.27. The van der Waals surface area contributed by atoms with Crippen LogP contribution in [0.4, 0.5) is 20.4 Å². The van der Waals surface area contributed by atoms with Gasteiger partial charge in [-0.15, -0.1) is 0 Å². The fourth-order valence-electron chi connectivity index (χ4n) is 2.48. The van der Waals surface area contributed by atoms with Gasteiger partial charge in [0.15, 0.2) is 5.75 Å². The third kappa shape index (κ3) is 5.04. The van der Waals surface area contributed by atoms with E-state index in [1.807, 2.05) is 0 Å². The van der Waals surface area contributed by atoms with E-state index in [1.54, 1.807) is 12.1 Å². The van der Waals surface area contributed by atoms with E-state index >= 15 is 0 Å². The Balaban J connectivity index is 1.93. The van der Waals surface area contributed by atoms with Crippen LogP contribution in [-0.4, -0.2) is 45.7 Å². The number of aryl methyl sites for hydroxylation is 1. The van der Waals surface area contributed by atoms with E-state index in [2.05, 4.69) is 30.9 Å². The Morgan fingerprint density at radius 2 is 1.81 bits per heavy atom. The molecule has 0 aliphatic heterocycles. The predicted octanol–water partition coefficient (Wildman–Crippen LogP) is 2.98. The number of nitrogens with one attached hydrogen (secondary N) is 2. The fourth-order valence-corrected chi connectivity index (χ4v) is 2.77. The molecule has 13 heteroatoms. The average Bonchev–Trinajstić information content (AvgIpc) is 3.14. The number of hydrogen-bond acceptors (Lipinski definition) is 7. The molecule has 0 radical (unpaired) electrons. The molecule has 3 rings (SSSR count). The second kappa shape index (κ2) is 9.34. The second-order valence-electron chi connectivity index (χ2n) is 5.94. The van der Waals surface area contributed by atoms with Gasteiger partial charge in [-0.05, 0) is 46.8 Å². The minimum Gasteiger partial charge on any atom is -0.497 e.